The van der Waals surface area contributed by atoms with E-state index in [1.165, 1.54) is 0 Å². The Morgan fingerprint density at radius 1 is 0.484 bits per heavy atom. The van der Waals surface area contributed by atoms with E-state index in [0.717, 1.165) is 101 Å². The summed E-state index contributed by atoms with van der Waals surface area (Å²) in [5.74, 6) is 4.46. The smallest absolute Gasteiger partial charge is 0.277 e. The van der Waals surface area contributed by atoms with Crippen LogP contribution in [-0.2, 0) is 0 Å². The first-order chi connectivity index (χ1) is 31.7. The highest BCUT2D eigenvalue weighted by Gasteiger charge is 2.39. The van der Waals surface area contributed by atoms with Gasteiger partial charge in [0, 0.05) is 23.9 Å². The summed E-state index contributed by atoms with van der Waals surface area (Å²) >= 11 is 0. The predicted molar refractivity (Wildman–Crippen MR) is 257 cm³/mol. The topological polar surface area (TPSA) is 71.4 Å². The Balaban J connectivity index is 0.958. The third-order valence-electron chi connectivity index (χ3n) is 12.3. The lowest BCUT2D eigenvalue weighted by atomic mass is 9.37. The Kier molecular flexibility index (Phi) is 8.14. The number of imidazole rings is 2. The maximum Gasteiger partial charge on any atom is 0.277 e. The first-order valence-corrected chi connectivity index (χ1v) is 21.4. The van der Waals surface area contributed by atoms with Gasteiger partial charge in [-0.1, -0.05) is 115 Å². The molecular weight excluding hydrogens is 787 g/mol. The van der Waals surface area contributed by atoms with Crippen molar-refractivity contribution in [2.24, 2.45) is 0 Å². The van der Waals surface area contributed by atoms with Crippen molar-refractivity contribution in [3.8, 4) is 56.9 Å². The van der Waals surface area contributed by atoms with E-state index in [1.54, 1.807) is 0 Å². The average Bonchev–Trinajstić information content (AvgIpc) is 4.00. The van der Waals surface area contributed by atoms with Crippen molar-refractivity contribution < 1.29 is 9.47 Å². The normalized spacial score (nSPS) is 12.2. The van der Waals surface area contributed by atoms with E-state index in [2.05, 4.69) is 153 Å². The monoisotopic (exact) mass is 822 g/mol. The molecule has 5 aromatic heterocycles. The third kappa shape index (κ3) is 5.75. The summed E-state index contributed by atoms with van der Waals surface area (Å²) in [6, 6.07) is 69.1. The van der Waals surface area contributed by atoms with Gasteiger partial charge in [-0.05, 0) is 113 Å². The number of ether oxygens (including phenoxy) is 2. The highest BCUT2D eigenvalue weighted by atomic mass is 16.5. The second-order valence-electron chi connectivity index (χ2n) is 16.1. The van der Waals surface area contributed by atoms with E-state index >= 15 is 0 Å². The van der Waals surface area contributed by atoms with Crippen LogP contribution in [0.25, 0.3) is 72.5 Å². The van der Waals surface area contributed by atoms with E-state index in [4.69, 9.17) is 24.4 Å². The van der Waals surface area contributed by atoms with Crippen LogP contribution in [0, 0.1) is 0 Å². The van der Waals surface area contributed by atoms with Crippen LogP contribution in [-0.4, -0.2) is 35.2 Å². The molecular formula is C55H35BN6O2. The molecule has 6 heterocycles. The van der Waals surface area contributed by atoms with Gasteiger partial charge in [0.1, 0.15) is 23.1 Å². The van der Waals surface area contributed by atoms with Crippen molar-refractivity contribution >= 4 is 62.0 Å². The fourth-order valence-electron chi connectivity index (χ4n) is 9.53. The molecule has 64 heavy (non-hydrogen) atoms. The van der Waals surface area contributed by atoms with Gasteiger partial charge in [0.2, 0.25) is 11.7 Å². The van der Waals surface area contributed by atoms with Crippen LogP contribution in [0.5, 0.6) is 23.1 Å². The van der Waals surface area contributed by atoms with Crippen molar-refractivity contribution in [3.05, 3.63) is 213 Å². The van der Waals surface area contributed by atoms with Gasteiger partial charge in [0.05, 0.1) is 38.9 Å². The van der Waals surface area contributed by atoms with Crippen LogP contribution in [0.4, 0.5) is 0 Å². The number of hydrogen-bond donors (Lipinski definition) is 0. The zero-order chi connectivity index (χ0) is 42.1. The second-order valence-corrected chi connectivity index (χ2v) is 16.1. The molecule has 0 saturated carbocycles. The fraction of sp³-hybridized carbons (Fsp3) is 0. The summed E-state index contributed by atoms with van der Waals surface area (Å²) in [7, 11) is 0. The number of aromatic nitrogens is 6. The third-order valence-corrected chi connectivity index (χ3v) is 12.3. The summed E-state index contributed by atoms with van der Waals surface area (Å²) < 4.78 is 20.4. The van der Waals surface area contributed by atoms with Gasteiger partial charge in [-0.3, -0.25) is 18.5 Å². The summed E-state index contributed by atoms with van der Waals surface area (Å²) in [6.45, 7) is -0.259. The van der Waals surface area contributed by atoms with E-state index in [-0.39, 0.29) is 6.71 Å². The molecule has 0 bridgehead atoms. The molecule has 0 unspecified atom stereocenters. The van der Waals surface area contributed by atoms with E-state index in [0.29, 0.717) is 11.5 Å². The summed E-state index contributed by atoms with van der Waals surface area (Å²) in [4.78, 5) is 14.8. The van der Waals surface area contributed by atoms with Gasteiger partial charge in [0.25, 0.3) is 6.71 Å². The zero-order valence-corrected chi connectivity index (χ0v) is 34.3. The van der Waals surface area contributed by atoms with Crippen LogP contribution in [0.1, 0.15) is 0 Å². The Hall–Kier alpha value is -8.69. The van der Waals surface area contributed by atoms with E-state index < -0.39 is 0 Å². The second kappa shape index (κ2) is 14.5. The molecule has 300 valence electrons. The molecule has 8 nitrogen and oxygen atoms in total. The molecule has 1 aliphatic rings. The lowest BCUT2D eigenvalue weighted by Gasteiger charge is -2.25. The Labute approximate surface area is 368 Å². The van der Waals surface area contributed by atoms with Crippen molar-refractivity contribution in [1.29, 1.82) is 0 Å². The van der Waals surface area contributed by atoms with Crippen LogP contribution >= 0.6 is 0 Å². The van der Waals surface area contributed by atoms with E-state index in [1.807, 2.05) is 73.1 Å². The maximum atomic E-state index is 7.01. The average molecular weight is 823 g/mol. The van der Waals surface area contributed by atoms with Crippen molar-refractivity contribution in [1.82, 2.24) is 28.5 Å². The molecule has 9 heteroatoms. The van der Waals surface area contributed by atoms with Crippen molar-refractivity contribution in [2.45, 2.75) is 0 Å². The Bertz CT molecular complexity index is 3690. The van der Waals surface area contributed by atoms with Gasteiger partial charge < -0.3 is 9.47 Å². The lowest BCUT2D eigenvalue weighted by Crippen LogP contribution is -2.56. The predicted octanol–water partition coefficient (Wildman–Crippen LogP) is 10.9. The Morgan fingerprint density at radius 3 is 2.00 bits per heavy atom. The Morgan fingerprint density at radius 2 is 1.20 bits per heavy atom. The van der Waals surface area contributed by atoms with Crippen LogP contribution < -0.4 is 26.0 Å². The minimum atomic E-state index is -0.259. The van der Waals surface area contributed by atoms with Gasteiger partial charge in [0.15, 0.2) is 0 Å². The molecule has 13 rings (SSSR count). The van der Waals surface area contributed by atoms with Gasteiger partial charge in [-0.15, -0.1) is 0 Å². The maximum absolute atomic E-state index is 7.01. The minimum absolute atomic E-state index is 0.259. The molecule has 0 N–H and O–H groups in total. The molecule has 0 aliphatic carbocycles. The minimum Gasteiger partial charge on any atom is -0.457 e. The van der Waals surface area contributed by atoms with E-state index in [9.17, 15) is 0 Å². The standard InChI is InChI=1S/C55H35BN6O2/c1-3-15-36(16-4-1)38-31-39(37-17-5-2-6-18-37)33-41(32-38)60-46-23-9-7-21-44(46)52-54(60)64-50-25-14-30-58-53(50)56(52)40-19-13-20-42(34-40)63-43-27-28-48-49(35-43)62(51-26-11-12-29-57-51)55-59-45-22-8-10-24-47(45)61(48)55/h1-35H. The largest absolute Gasteiger partial charge is 0.457 e. The number of para-hydroxylation sites is 3. The molecule has 1 aliphatic heterocycles. The number of rotatable bonds is 7. The van der Waals surface area contributed by atoms with Gasteiger partial charge in [-0.25, -0.2) is 9.97 Å². The zero-order valence-electron chi connectivity index (χ0n) is 34.3. The molecule has 0 fully saturated rings. The fourth-order valence-corrected chi connectivity index (χ4v) is 9.53. The number of nitrogens with zero attached hydrogens (tertiary/aromatic N) is 6. The first kappa shape index (κ1) is 36.0. The summed E-state index contributed by atoms with van der Waals surface area (Å²) in [5, 5.41) is 1.09. The highest BCUT2D eigenvalue weighted by Crippen LogP contribution is 2.38. The quantitative estimate of drug-likeness (QED) is 0.150. The van der Waals surface area contributed by atoms with Crippen LogP contribution in [0.15, 0.2) is 213 Å². The molecule has 7 aromatic carbocycles. The molecule has 12 aromatic rings. The van der Waals surface area contributed by atoms with Crippen LogP contribution in [0.3, 0.4) is 0 Å². The molecule has 0 amide bonds. The first-order valence-electron chi connectivity index (χ1n) is 21.4. The molecule has 0 spiro atoms. The van der Waals surface area contributed by atoms with Crippen molar-refractivity contribution in [2.75, 3.05) is 0 Å². The molecule has 0 saturated heterocycles. The highest BCUT2D eigenvalue weighted by molar-refractivity contribution is 6.97. The van der Waals surface area contributed by atoms with Gasteiger partial charge >= 0.3 is 0 Å². The molecule has 0 atom stereocenters. The number of pyridine rings is 2. The SMILES string of the molecule is c1ccc(-c2cc(-c3ccccc3)cc(-n3c4c(c5ccccc53)B(c3cccc(Oc5ccc6c(c5)n(-c5ccccn5)c5nc7ccccc7n65)c3)c3ncccc3O4)c2)cc1. The number of benzene rings is 7. The number of hydrogen-bond acceptors (Lipinski definition) is 5. The lowest BCUT2D eigenvalue weighted by molar-refractivity contribution is 0.458. The van der Waals surface area contributed by atoms with Gasteiger partial charge in [-0.2, -0.15) is 0 Å². The molecule has 0 radical (unpaired) electrons. The van der Waals surface area contributed by atoms with Crippen molar-refractivity contribution in [3.63, 3.8) is 0 Å². The summed E-state index contributed by atoms with van der Waals surface area (Å²) in [5.41, 5.74) is 13.4. The van der Waals surface area contributed by atoms with Crippen LogP contribution in [0.2, 0.25) is 0 Å². The summed E-state index contributed by atoms with van der Waals surface area (Å²) in [6.07, 6.45) is 3.66. The number of fused-ring (bicyclic) bond motifs is 9.